The molecule has 1 saturated carbocycles. The summed E-state index contributed by atoms with van der Waals surface area (Å²) < 4.78 is 5.98. The lowest BCUT2D eigenvalue weighted by Crippen LogP contribution is -2.01. The van der Waals surface area contributed by atoms with Crippen LogP contribution in [-0.2, 0) is 11.3 Å². The van der Waals surface area contributed by atoms with Gasteiger partial charge in [0.15, 0.2) is 0 Å². The van der Waals surface area contributed by atoms with Crippen LogP contribution in [0.5, 0.6) is 0 Å². The number of hydrogen-bond donors (Lipinski definition) is 1. The molecule has 1 fully saturated rings. The van der Waals surface area contributed by atoms with E-state index < -0.39 is 0 Å². The van der Waals surface area contributed by atoms with Crippen LogP contribution in [0.15, 0.2) is 30.3 Å². The number of rotatable bonds is 6. The SMILES string of the molecule is SC1(CCCOCc2ccccc2)CC1. The molecule has 2 rings (SSSR count). The molecule has 0 atom stereocenters. The molecule has 82 valence electrons. The quantitative estimate of drug-likeness (QED) is 0.573. The van der Waals surface area contributed by atoms with Crippen molar-refractivity contribution < 1.29 is 4.74 Å². The topological polar surface area (TPSA) is 9.23 Å². The number of hydrogen-bond acceptors (Lipinski definition) is 2. The number of benzene rings is 1. The molecule has 0 bridgehead atoms. The Labute approximate surface area is 97.2 Å². The summed E-state index contributed by atoms with van der Waals surface area (Å²) in [5, 5.41) is 0. The molecule has 1 aliphatic carbocycles. The van der Waals surface area contributed by atoms with Crippen molar-refractivity contribution in [1.82, 2.24) is 0 Å². The normalized spacial score (nSPS) is 17.7. The van der Waals surface area contributed by atoms with Gasteiger partial charge in [-0.2, -0.15) is 12.6 Å². The van der Waals surface area contributed by atoms with Crippen LogP contribution in [0, 0.1) is 0 Å². The number of ether oxygens (including phenoxy) is 1. The first-order chi connectivity index (χ1) is 7.29. The Morgan fingerprint density at radius 3 is 2.60 bits per heavy atom. The minimum Gasteiger partial charge on any atom is -0.377 e. The monoisotopic (exact) mass is 222 g/mol. The van der Waals surface area contributed by atoms with Crippen LogP contribution >= 0.6 is 12.6 Å². The maximum Gasteiger partial charge on any atom is 0.0716 e. The van der Waals surface area contributed by atoms with E-state index in [1.54, 1.807) is 0 Å². The zero-order valence-corrected chi connectivity index (χ0v) is 9.88. The van der Waals surface area contributed by atoms with Crippen molar-refractivity contribution in [2.75, 3.05) is 6.61 Å². The highest BCUT2D eigenvalue weighted by Crippen LogP contribution is 2.45. The Morgan fingerprint density at radius 2 is 1.93 bits per heavy atom. The minimum absolute atomic E-state index is 0.371. The maximum atomic E-state index is 5.61. The van der Waals surface area contributed by atoms with Crippen molar-refractivity contribution in [2.24, 2.45) is 0 Å². The van der Waals surface area contributed by atoms with Crippen molar-refractivity contribution in [3.8, 4) is 0 Å². The standard InChI is InChI=1S/C13H18OS/c15-13(8-9-13)7-4-10-14-11-12-5-2-1-3-6-12/h1-3,5-6,15H,4,7-11H2. The van der Waals surface area contributed by atoms with Gasteiger partial charge in [-0.3, -0.25) is 0 Å². The van der Waals surface area contributed by atoms with Crippen molar-refractivity contribution in [2.45, 2.75) is 37.0 Å². The molecule has 2 heteroatoms. The van der Waals surface area contributed by atoms with Crippen LogP contribution in [0.4, 0.5) is 0 Å². The van der Waals surface area contributed by atoms with Crippen molar-refractivity contribution in [3.63, 3.8) is 0 Å². The zero-order chi connectivity index (χ0) is 10.6. The maximum absolute atomic E-state index is 5.61. The molecule has 0 unspecified atom stereocenters. The fraction of sp³-hybridized carbons (Fsp3) is 0.538. The summed E-state index contributed by atoms with van der Waals surface area (Å²) in [4.78, 5) is 0. The lowest BCUT2D eigenvalue weighted by molar-refractivity contribution is 0.117. The highest BCUT2D eigenvalue weighted by molar-refractivity contribution is 7.82. The summed E-state index contributed by atoms with van der Waals surface area (Å²) in [6.45, 7) is 1.59. The van der Waals surface area contributed by atoms with E-state index in [1.165, 1.54) is 24.8 Å². The fourth-order valence-corrected chi connectivity index (χ4v) is 1.93. The molecule has 0 aliphatic heterocycles. The van der Waals surface area contributed by atoms with E-state index in [-0.39, 0.29) is 0 Å². The van der Waals surface area contributed by atoms with Gasteiger partial charge in [-0.25, -0.2) is 0 Å². The van der Waals surface area contributed by atoms with Crippen molar-refractivity contribution in [1.29, 1.82) is 0 Å². The van der Waals surface area contributed by atoms with E-state index in [0.29, 0.717) is 4.75 Å². The van der Waals surface area contributed by atoms with E-state index in [1.807, 2.05) is 18.2 Å². The van der Waals surface area contributed by atoms with Gasteiger partial charge < -0.3 is 4.74 Å². The Balaban J connectivity index is 1.55. The Hall–Kier alpha value is -0.470. The van der Waals surface area contributed by atoms with E-state index in [9.17, 15) is 0 Å². The van der Waals surface area contributed by atoms with Gasteiger partial charge in [-0.05, 0) is 31.2 Å². The lowest BCUT2D eigenvalue weighted by atomic mass is 10.2. The first-order valence-corrected chi connectivity index (χ1v) is 6.07. The molecule has 1 aromatic rings. The minimum atomic E-state index is 0.371. The van der Waals surface area contributed by atoms with E-state index in [2.05, 4.69) is 24.8 Å². The van der Waals surface area contributed by atoms with Crippen molar-refractivity contribution >= 4 is 12.6 Å². The second-order valence-corrected chi connectivity index (χ2v) is 5.31. The highest BCUT2D eigenvalue weighted by Gasteiger charge is 2.37. The Bertz CT molecular complexity index is 293. The molecule has 0 amide bonds. The van der Waals surface area contributed by atoms with Gasteiger partial charge in [0.1, 0.15) is 0 Å². The van der Waals surface area contributed by atoms with Gasteiger partial charge in [0.05, 0.1) is 6.61 Å². The molecule has 15 heavy (non-hydrogen) atoms. The van der Waals surface area contributed by atoms with Crippen LogP contribution in [0.3, 0.4) is 0 Å². The van der Waals surface area contributed by atoms with Gasteiger partial charge in [0.25, 0.3) is 0 Å². The van der Waals surface area contributed by atoms with Gasteiger partial charge in [-0.15, -0.1) is 0 Å². The molecule has 1 aromatic carbocycles. The van der Waals surface area contributed by atoms with Crippen LogP contribution in [0.1, 0.15) is 31.2 Å². The smallest absolute Gasteiger partial charge is 0.0716 e. The molecular weight excluding hydrogens is 204 g/mol. The summed E-state index contributed by atoms with van der Waals surface area (Å²) in [6.07, 6.45) is 4.91. The molecule has 0 aromatic heterocycles. The van der Waals surface area contributed by atoms with Gasteiger partial charge in [0.2, 0.25) is 0 Å². The molecule has 0 radical (unpaired) electrons. The lowest BCUT2D eigenvalue weighted by Gasteiger charge is -2.07. The molecule has 0 heterocycles. The summed E-state index contributed by atoms with van der Waals surface area (Å²) in [5.41, 5.74) is 1.25. The van der Waals surface area contributed by atoms with Gasteiger partial charge >= 0.3 is 0 Å². The predicted octanol–water partition coefficient (Wildman–Crippen LogP) is 3.45. The van der Waals surface area contributed by atoms with E-state index >= 15 is 0 Å². The molecule has 0 N–H and O–H groups in total. The third-order valence-corrected chi connectivity index (χ3v) is 3.54. The summed E-state index contributed by atoms with van der Waals surface area (Å²) in [6, 6.07) is 10.3. The predicted molar refractivity (Wildman–Crippen MR) is 66.3 cm³/mol. The third kappa shape index (κ3) is 3.88. The molecule has 1 nitrogen and oxygen atoms in total. The van der Waals surface area contributed by atoms with Gasteiger partial charge in [0, 0.05) is 11.4 Å². The van der Waals surface area contributed by atoms with Crippen LogP contribution in [-0.4, -0.2) is 11.4 Å². The van der Waals surface area contributed by atoms with Crippen molar-refractivity contribution in [3.05, 3.63) is 35.9 Å². The summed E-state index contributed by atoms with van der Waals surface area (Å²) in [7, 11) is 0. The van der Waals surface area contributed by atoms with Crippen LogP contribution in [0.2, 0.25) is 0 Å². The van der Waals surface area contributed by atoms with Crippen LogP contribution < -0.4 is 0 Å². The molecular formula is C13H18OS. The Morgan fingerprint density at radius 1 is 1.20 bits per heavy atom. The van der Waals surface area contributed by atoms with E-state index in [4.69, 9.17) is 4.74 Å². The first kappa shape index (κ1) is 11.0. The summed E-state index contributed by atoms with van der Waals surface area (Å²) in [5.74, 6) is 0. The molecule has 0 saturated heterocycles. The second-order valence-electron chi connectivity index (χ2n) is 4.37. The molecule has 0 spiro atoms. The van der Waals surface area contributed by atoms with E-state index in [0.717, 1.165) is 19.6 Å². The summed E-state index contributed by atoms with van der Waals surface area (Å²) >= 11 is 4.58. The zero-order valence-electron chi connectivity index (χ0n) is 8.98. The number of thiol groups is 1. The average molecular weight is 222 g/mol. The van der Waals surface area contributed by atoms with Crippen LogP contribution in [0.25, 0.3) is 0 Å². The fourth-order valence-electron chi connectivity index (χ4n) is 1.66. The Kier molecular flexibility index (Phi) is 3.71. The average Bonchev–Trinajstić information content (AvgIpc) is 2.98. The second kappa shape index (κ2) is 5.04. The first-order valence-electron chi connectivity index (χ1n) is 5.63. The highest BCUT2D eigenvalue weighted by atomic mass is 32.1. The largest absolute Gasteiger partial charge is 0.377 e. The third-order valence-electron chi connectivity index (χ3n) is 2.87. The van der Waals surface area contributed by atoms with Gasteiger partial charge in [-0.1, -0.05) is 30.3 Å². The molecule has 1 aliphatic rings.